The van der Waals surface area contributed by atoms with Crippen LogP contribution in [0.5, 0.6) is 0 Å². The predicted octanol–water partition coefficient (Wildman–Crippen LogP) is 3.00. The topological polar surface area (TPSA) is 44.6 Å². The number of aromatic nitrogens is 2. The minimum Gasteiger partial charge on any atom is -0.334 e. The van der Waals surface area contributed by atoms with Gasteiger partial charge in [0.1, 0.15) is 0 Å². The number of likely N-dealkylation sites (tertiary alicyclic amines) is 2. The van der Waals surface area contributed by atoms with Crippen LogP contribution in [-0.2, 0) is 7.05 Å². The molecule has 1 aromatic heterocycles. The molecule has 1 saturated carbocycles. The van der Waals surface area contributed by atoms with Gasteiger partial charge in [0.05, 0.1) is 0 Å². The summed E-state index contributed by atoms with van der Waals surface area (Å²) in [7, 11) is 1.92. The number of imidazole rings is 1. The second-order valence-corrected chi connectivity index (χ2v) is 9.46. The zero-order chi connectivity index (χ0) is 20.1. The number of hydrogen-bond acceptors (Lipinski definition) is 4. The normalized spacial score (nSPS) is 24.8. The predicted molar refractivity (Wildman–Crippen MR) is 116 cm³/mol. The highest BCUT2D eigenvalue weighted by molar-refractivity contribution is 5.90. The van der Waals surface area contributed by atoms with Crippen molar-refractivity contribution in [2.24, 2.45) is 13.0 Å². The van der Waals surface area contributed by atoms with Gasteiger partial charge in [-0.25, -0.2) is 4.98 Å². The third kappa shape index (κ3) is 5.40. The van der Waals surface area contributed by atoms with E-state index < -0.39 is 0 Å². The van der Waals surface area contributed by atoms with E-state index in [0.29, 0.717) is 11.7 Å². The molecule has 1 aliphatic carbocycles. The van der Waals surface area contributed by atoms with Crippen LogP contribution in [0.2, 0.25) is 0 Å². The molecular weight excluding hydrogens is 362 g/mol. The zero-order valence-corrected chi connectivity index (χ0v) is 18.3. The molecule has 2 saturated heterocycles. The molecule has 1 amide bonds. The SMILES string of the molecule is Cn1ccnc1C(=O)N(CCN1CCCCC1)CC1CCCN(C2CCCC2)C1. The molecule has 1 unspecified atom stereocenters. The quantitative estimate of drug-likeness (QED) is 0.705. The van der Waals surface area contributed by atoms with Gasteiger partial charge in [-0.05, 0) is 64.1 Å². The summed E-state index contributed by atoms with van der Waals surface area (Å²) >= 11 is 0. The second kappa shape index (κ2) is 10.1. The van der Waals surface area contributed by atoms with Crippen LogP contribution in [0.1, 0.15) is 68.4 Å². The lowest BCUT2D eigenvalue weighted by molar-refractivity contribution is 0.0596. The number of nitrogens with zero attached hydrogens (tertiary/aromatic N) is 5. The maximum atomic E-state index is 13.3. The van der Waals surface area contributed by atoms with E-state index >= 15 is 0 Å². The lowest BCUT2D eigenvalue weighted by atomic mass is 9.95. The molecule has 0 aromatic carbocycles. The van der Waals surface area contributed by atoms with E-state index in [0.717, 1.165) is 25.7 Å². The fraction of sp³-hybridized carbons (Fsp3) is 0.826. The average Bonchev–Trinajstić information content (AvgIpc) is 3.43. The molecule has 3 aliphatic rings. The minimum absolute atomic E-state index is 0.104. The Kier molecular flexibility index (Phi) is 7.24. The molecule has 0 bridgehead atoms. The van der Waals surface area contributed by atoms with Crippen molar-refractivity contribution in [1.29, 1.82) is 0 Å². The Morgan fingerprint density at radius 1 is 1.07 bits per heavy atom. The van der Waals surface area contributed by atoms with E-state index in [1.54, 1.807) is 6.20 Å². The van der Waals surface area contributed by atoms with E-state index in [1.807, 2.05) is 17.8 Å². The van der Waals surface area contributed by atoms with Crippen molar-refractivity contribution in [3.8, 4) is 0 Å². The van der Waals surface area contributed by atoms with Crippen molar-refractivity contribution in [2.45, 2.75) is 63.8 Å². The number of carbonyl (C=O) groups is 1. The van der Waals surface area contributed by atoms with Crippen LogP contribution in [0.25, 0.3) is 0 Å². The Hall–Kier alpha value is -1.40. The minimum atomic E-state index is 0.104. The van der Waals surface area contributed by atoms with Gasteiger partial charge in [-0.1, -0.05) is 19.3 Å². The first kappa shape index (κ1) is 20.9. The maximum absolute atomic E-state index is 13.3. The summed E-state index contributed by atoms with van der Waals surface area (Å²) in [5.74, 6) is 1.27. The van der Waals surface area contributed by atoms with Gasteiger partial charge in [0, 0.05) is 51.7 Å². The summed E-state index contributed by atoms with van der Waals surface area (Å²) in [6.45, 7) is 7.48. The van der Waals surface area contributed by atoms with Gasteiger partial charge >= 0.3 is 0 Å². The van der Waals surface area contributed by atoms with Gasteiger partial charge in [0.15, 0.2) is 5.82 Å². The van der Waals surface area contributed by atoms with E-state index in [2.05, 4.69) is 19.7 Å². The third-order valence-corrected chi connectivity index (χ3v) is 7.30. The van der Waals surface area contributed by atoms with Crippen LogP contribution in [0, 0.1) is 5.92 Å². The van der Waals surface area contributed by atoms with Gasteiger partial charge in [-0.2, -0.15) is 0 Å². The Balaban J connectivity index is 1.39. The van der Waals surface area contributed by atoms with Crippen LogP contribution < -0.4 is 0 Å². The fourth-order valence-corrected chi connectivity index (χ4v) is 5.59. The Morgan fingerprint density at radius 3 is 2.59 bits per heavy atom. The second-order valence-electron chi connectivity index (χ2n) is 9.46. The number of carbonyl (C=O) groups excluding carboxylic acids is 1. The van der Waals surface area contributed by atoms with Crippen molar-refractivity contribution in [3.63, 3.8) is 0 Å². The molecule has 3 heterocycles. The van der Waals surface area contributed by atoms with Crippen LogP contribution >= 0.6 is 0 Å². The summed E-state index contributed by atoms with van der Waals surface area (Å²) in [5.41, 5.74) is 0. The van der Waals surface area contributed by atoms with Gasteiger partial charge < -0.3 is 19.3 Å². The first-order valence-electron chi connectivity index (χ1n) is 11.9. The first-order chi connectivity index (χ1) is 14.2. The van der Waals surface area contributed by atoms with Crippen molar-refractivity contribution in [1.82, 2.24) is 24.3 Å². The lowest BCUT2D eigenvalue weighted by Crippen LogP contribution is -2.48. The molecule has 0 N–H and O–H groups in total. The molecule has 0 radical (unpaired) electrons. The summed E-state index contributed by atoms with van der Waals surface area (Å²) in [4.78, 5) is 25.0. The molecule has 29 heavy (non-hydrogen) atoms. The van der Waals surface area contributed by atoms with Crippen molar-refractivity contribution >= 4 is 5.91 Å². The standard InChI is InChI=1S/C23H39N5O/c1-25-15-11-24-22(25)23(29)28(17-16-26-12-5-2-6-13-26)19-20-8-7-14-27(18-20)21-9-3-4-10-21/h11,15,20-21H,2-10,12-14,16-19H2,1H3. The van der Waals surface area contributed by atoms with E-state index in [4.69, 9.17) is 0 Å². The Labute approximate surface area is 176 Å². The Bertz CT molecular complexity index is 647. The summed E-state index contributed by atoms with van der Waals surface area (Å²) in [5, 5.41) is 0. The van der Waals surface area contributed by atoms with Gasteiger partial charge in [-0.3, -0.25) is 4.79 Å². The molecule has 4 rings (SSSR count). The van der Waals surface area contributed by atoms with Gasteiger partial charge in [-0.15, -0.1) is 0 Å². The number of aryl methyl sites for hydroxylation is 1. The molecule has 6 nitrogen and oxygen atoms in total. The van der Waals surface area contributed by atoms with Crippen molar-refractivity contribution in [2.75, 3.05) is 45.8 Å². The van der Waals surface area contributed by atoms with E-state index in [-0.39, 0.29) is 5.91 Å². The molecule has 2 aliphatic heterocycles. The Morgan fingerprint density at radius 2 is 1.86 bits per heavy atom. The molecule has 0 spiro atoms. The summed E-state index contributed by atoms with van der Waals surface area (Å²) in [6.07, 6.45) is 15.6. The summed E-state index contributed by atoms with van der Waals surface area (Å²) < 4.78 is 1.86. The largest absolute Gasteiger partial charge is 0.334 e. The van der Waals surface area contributed by atoms with E-state index in [9.17, 15) is 4.79 Å². The fourth-order valence-electron chi connectivity index (χ4n) is 5.59. The molecule has 3 fully saturated rings. The van der Waals surface area contributed by atoms with Crippen LogP contribution in [0.15, 0.2) is 12.4 Å². The highest BCUT2D eigenvalue weighted by Gasteiger charge is 2.30. The smallest absolute Gasteiger partial charge is 0.289 e. The van der Waals surface area contributed by atoms with Crippen LogP contribution in [0.3, 0.4) is 0 Å². The van der Waals surface area contributed by atoms with Crippen molar-refractivity contribution in [3.05, 3.63) is 18.2 Å². The number of hydrogen-bond donors (Lipinski definition) is 0. The summed E-state index contributed by atoms with van der Waals surface area (Å²) in [6, 6.07) is 0.796. The van der Waals surface area contributed by atoms with E-state index in [1.165, 1.54) is 84.0 Å². The van der Waals surface area contributed by atoms with Crippen LogP contribution in [-0.4, -0.2) is 82.0 Å². The molecule has 1 aromatic rings. The number of piperidine rings is 2. The monoisotopic (exact) mass is 401 g/mol. The third-order valence-electron chi connectivity index (χ3n) is 7.30. The lowest BCUT2D eigenvalue weighted by Gasteiger charge is -2.39. The molecule has 1 atom stereocenters. The highest BCUT2D eigenvalue weighted by Crippen LogP contribution is 2.28. The molecular formula is C23H39N5O. The van der Waals surface area contributed by atoms with Gasteiger partial charge in [0.25, 0.3) is 5.91 Å². The molecule has 6 heteroatoms. The van der Waals surface area contributed by atoms with Crippen molar-refractivity contribution < 1.29 is 4.79 Å². The number of amides is 1. The van der Waals surface area contributed by atoms with Gasteiger partial charge in [0.2, 0.25) is 0 Å². The number of rotatable bonds is 7. The zero-order valence-electron chi connectivity index (χ0n) is 18.3. The van der Waals surface area contributed by atoms with Crippen LogP contribution in [0.4, 0.5) is 0 Å². The average molecular weight is 402 g/mol. The first-order valence-corrected chi connectivity index (χ1v) is 11.9. The maximum Gasteiger partial charge on any atom is 0.289 e. The highest BCUT2D eigenvalue weighted by atomic mass is 16.2. The molecule has 162 valence electrons.